The number of sulfonamides is 1. The summed E-state index contributed by atoms with van der Waals surface area (Å²) in [6.07, 6.45) is -0.228. The monoisotopic (exact) mass is 281 g/mol. The number of carbonyl (C=O) groups excluding carboxylic acids is 2. The molecule has 0 aliphatic carbocycles. The van der Waals surface area contributed by atoms with Gasteiger partial charge in [-0.2, -0.15) is 4.31 Å². The van der Waals surface area contributed by atoms with Crippen LogP contribution in [-0.4, -0.2) is 57.2 Å². The lowest BCUT2D eigenvalue weighted by Crippen LogP contribution is -2.38. The number of rotatable bonds is 8. The number of nitrogens with zero attached hydrogens (tertiary/aromatic N) is 1. The highest BCUT2D eigenvalue weighted by Crippen LogP contribution is 2.04. The minimum absolute atomic E-state index is 0.139. The molecular formula is C10H19NO6S. The first kappa shape index (κ1) is 16.9. The Labute approximate surface area is 107 Å². The Hall–Kier alpha value is -1.15. The summed E-state index contributed by atoms with van der Waals surface area (Å²) in [7, 11) is -2.48. The number of hydrogen-bond donors (Lipinski definition) is 0. The molecule has 0 saturated heterocycles. The van der Waals surface area contributed by atoms with Gasteiger partial charge in [0.2, 0.25) is 10.0 Å². The van der Waals surface area contributed by atoms with Gasteiger partial charge in [-0.15, -0.1) is 0 Å². The third-order valence-corrected chi connectivity index (χ3v) is 4.04. The maximum absolute atomic E-state index is 11.8. The van der Waals surface area contributed by atoms with Crippen LogP contribution in [0, 0.1) is 0 Å². The second-order valence-electron chi connectivity index (χ2n) is 3.37. The van der Waals surface area contributed by atoms with Gasteiger partial charge >= 0.3 is 11.9 Å². The zero-order valence-electron chi connectivity index (χ0n) is 10.8. The van der Waals surface area contributed by atoms with Crippen molar-refractivity contribution in [2.75, 3.05) is 32.6 Å². The molecule has 0 aliphatic rings. The van der Waals surface area contributed by atoms with Gasteiger partial charge in [0.15, 0.2) is 0 Å². The van der Waals surface area contributed by atoms with Gasteiger partial charge < -0.3 is 9.47 Å². The van der Waals surface area contributed by atoms with Gasteiger partial charge in [0, 0.05) is 6.54 Å². The second kappa shape index (κ2) is 8.04. The fraction of sp³-hybridized carbons (Fsp3) is 0.800. The van der Waals surface area contributed by atoms with E-state index < -0.39 is 22.0 Å². The van der Waals surface area contributed by atoms with E-state index in [1.54, 1.807) is 13.8 Å². The quantitative estimate of drug-likeness (QED) is 0.571. The summed E-state index contributed by atoms with van der Waals surface area (Å²) in [5.41, 5.74) is 0. The largest absolute Gasteiger partial charge is 0.468 e. The smallest absolute Gasteiger partial charge is 0.321 e. The van der Waals surface area contributed by atoms with E-state index in [0.717, 1.165) is 4.31 Å². The normalized spacial score (nSPS) is 11.3. The van der Waals surface area contributed by atoms with Crippen LogP contribution in [0.3, 0.4) is 0 Å². The molecule has 0 N–H and O–H groups in total. The summed E-state index contributed by atoms with van der Waals surface area (Å²) in [5, 5.41) is 0. The Balaban J connectivity index is 4.48. The molecule has 7 nitrogen and oxygen atoms in total. The van der Waals surface area contributed by atoms with Crippen LogP contribution in [0.5, 0.6) is 0 Å². The summed E-state index contributed by atoms with van der Waals surface area (Å²) in [4.78, 5) is 22.1. The first-order valence-electron chi connectivity index (χ1n) is 5.57. The fourth-order valence-electron chi connectivity index (χ4n) is 1.19. The van der Waals surface area contributed by atoms with Gasteiger partial charge in [-0.1, -0.05) is 6.92 Å². The van der Waals surface area contributed by atoms with Gasteiger partial charge in [0.05, 0.1) is 25.9 Å². The van der Waals surface area contributed by atoms with E-state index in [9.17, 15) is 18.0 Å². The number of esters is 2. The molecule has 0 heterocycles. The molecule has 8 heteroatoms. The molecule has 0 radical (unpaired) electrons. The number of carbonyl (C=O) groups is 2. The molecule has 0 spiro atoms. The van der Waals surface area contributed by atoms with Crippen molar-refractivity contribution in [2.45, 2.75) is 20.3 Å². The molecule has 0 aromatic carbocycles. The van der Waals surface area contributed by atoms with Crippen LogP contribution in [0.2, 0.25) is 0 Å². The van der Waals surface area contributed by atoms with Crippen molar-refractivity contribution in [1.82, 2.24) is 4.31 Å². The number of hydrogen-bond acceptors (Lipinski definition) is 6. The zero-order chi connectivity index (χ0) is 14.2. The Bertz CT molecular complexity index is 378. The molecule has 0 fully saturated rings. The van der Waals surface area contributed by atoms with E-state index in [0.29, 0.717) is 0 Å². The topological polar surface area (TPSA) is 90.0 Å². The minimum atomic E-state index is -3.66. The maximum atomic E-state index is 11.8. The van der Waals surface area contributed by atoms with E-state index in [1.807, 2.05) is 0 Å². The third kappa shape index (κ3) is 5.97. The minimum Gasteiger partial charge on any atom is -0.468 e. The highest BCUT2D eigenvalue weighted by molar-refractivity contribution is 7.89. The average Bonchev–Trinajstić information content (AvgIpc) is 2.33. The van der Waals surface area contributed by atoms with Gasteiger partial charge in [-0.3, -0.25) is 9.59 Å². The second-order valence-corrected chi connectivity index (χ2v) is 5.46. The highest BCUT2D eigenvalue weighted by atomic mass is 32.2. The molecule has 0 rings (SSSR count). The summed E-state index contributed by atoms with van der Waals surface area (Å²) < 4.78 is 33.7. The Kier molecular flexibility index (Phi) is 7.53. The van der Waals surface area contributed by atoms with Crippen molar-refractivity contribution in [2.24, 2.45) is 0 Å². The molecule has 0 aromatic heterocycles. The van der Waals surface area contributed by atoms with Gasteiger partial charge in [-0.05, 0) is 6.92 Å². The van der Waals surface area contributed by atoms with Crippen LogP contribution in [0.4, 0.5) is 0 Å². The summed E-state index contributed by atoms with van der Waals surface area (Å²) in [6, 6.07) is 0. The van der Waals surface area contributed by atoms with E-state index in [-0.39, 0.29) is 31.9 Å². The Morgan fingerprint density at radius 1 is 1.17 bits per heavy atom. The number of ether oxygens (including phenoxy) is 2. The SMILES string of the molecule is CCOC(=O)CCS(=O)(=O)N(CC)CC(=O)OC. The lowest BCUT2D eigenvalue weighted by atomic mass is 10.5. The standard InChI is InChI=1S/C10H19NO6S/c1-4-11(8-10(13)16-3)18(14,15)7-6-9(12)17-5-2/h4-8H2,1-3H3. The molecule has 0 saturated carbocycles. The van der Waals surface area contributed by atoms with Crippen molar-refractivity contribution < 1.29 is 27.5 Å². The Morgan fingerprint density at radius 3 is 2.22 bits per heavy atom. The van der Waals surface area contributed by atoms with E-state index in [2.05, 4.69) is 9.47 Å². The highest BCUT2D eigenvalue weighted by Gasteiger charge is 2.24. The van der Waals surface area contributed by atoms with Gasteiger partial charge in [0.1, 0.15) is 6.54 Å². The average molecular weight is 281 g/mol. The predicted molar refractivity (Wildman–Crippen MR) is 64.3 cm³/mol. The first-order valence-corrected chi connectivity index (χ1v) is 7.18. The van der Waals surface area contributed by atoms with Crippen LogP contribution >= 0.6 is 0 Å². The lowest BCUT2D eigenvalue weighted by Gasteiger charge is -2.18. The van der Waals surface area contributed by atoms with Crippen molar-refractivity contribution in [3.8, 4) is 0 Å². The predicted octanol–water partition coefficient (Wildman–Crippen LogP) is -0.236. The van der Waals surface area contributed by atoms with Crippen molar-refractivity contribution >= 4 is 22.0 Å². The van der Waals surface area contributed by atoms with E-state index >= 15 is 0 Å². The summed E-state index contributed by atoms with van der Waals surface area (Å²) >= 11 is 0. The van der Waals surface area contributed by atoms with E-state index in [4.69, 9.17) is 0 Å². The molecular weight excluding hydrogens is 262 g/mol. The van der Waals surface area contributed by atoms with Crippen LogP contribution in [0.15, 0.2) is 0 Å². The molecule has 0 unspecified atom stereocenters. The molecule has 0 aliphatic heterocycles. The molecule has 18 heavy (non-hydrogen) atoms. The van der Waals surface area contributed by atoms with Crippen LogP contribution in [0.25, 0.3) is 0 Å². The Morgan fingerprint density at radius 2 is 1.78 bits per heavy atom. The molecule has 0 amide bonds. The maximum Gasteiger partial charge on any atom is 0.321 e. The fourth-order valence-corrected chi connectivity index (χ4v) is 2.57. The molecule has 0 aromatic rings. The van der Waals surface area contributed by atoms with Crippen LogP contribution < -0.4 is 0 Å². The lowest BCUT2D eigenvalue weighted by molar-refractivity contribution is -0.142. The number of likely N-dealkylation sites (N-methyl/N-ethyl adjacent to an activating group) is 1. The summed E-state index contributed by atoms with van der Waals surface area (Å²) in [6.45, 7) is 3.24. The van der Waals surface area contributed by atoms with Crippen molar-refractivity contribution in [3.63, 3.8) is 0 Å². The number of methoxy groups -OCH3 is 1. The molecule has 0 atom stereocenters. The van der Waals surface area contributed by atoms with Crippen molar-refractivity contribution in [3.05, 3.63) is 0 Å². The van der Waals surface area contributed by atoms with Crippen molar-refractivity contribution in [1.29, 1.82) is 0 Å². The van der Waals surface area contributed by atoms with Crippen LogP contribution in [0.1, 0.15) is 20.3 Å². The van der Waals surface area contributed by atoms with Gasteiger partial charge in [-0.25, -0.2) is 8.42 Å². The third-order valence-electron chi connectivity index (χ3n) is 2.15. The summed E-state index contributed by atoms with van der Waals surface area (Å²) in [5.74, 6) is -1.59. The van der Waals surface area contributed by atoms with Crippen LogP contribution in [-0.2, 0) is 29.1 Å². The zero-order valence-corrected chi connectivity index (χ0v) is 11.7. The van der Waals surface area contributed by atoms with E-state index in [1.165, 1.54) is 7.11 Å². The molecule has 106 valence electrons. The van der Waals surface area contributed by atoms with Gasteiger partial charge in [0.25, 0.3) is 0 Å². The molecule has 0 bridgehead atoms. The first-order chi connectivity index (χ1) is 8.37.